The summed E-state index contributed by atoms with van der Waals surface area (Å²) in [5, 5.41) is 4.33. The van der Waals surface area contributed by atoms with Gasteiger partial charge in [-0.05, 0) is 44.0 Å². The van der Waals surface area contributed by atoms with Crippen molar-refractivity contribution in [3.8, 4) is 0 Å². The van der Waals surface area contributed by atoms with E-state index in [4.69, 9.17) is 12.2 Å². The Morgan fingerprint density at radius 3 is 2.47 bits per heavy atom. The summed E-state index contributed by atoms with van der Waals surface area (Å²) < 4.78 is 0. The third-order valence-corrected chi connectivity index (χ3v) is 3.66. The highest BCUT2D eigenvalue weighted by molar-refractivity contribution is 7.80. The van der Waals surface area contributed by atoms with E-state index in [1.54, 1.807) is 0 Å². The van der Waals surface area contributed by atoms with E-state index in [0.29, 0.717) is 0 Å². The van der Waals surface area contributed by atoms with Gasteiger partial charge >= 0.3 is 0 Å². The summed E-state index contributed by atoms with van der Waals surface area (Å²) in [4.78, 5) is 2.29. The van der Waals surface area contributed by atoms with Crippen LogP contribution in [0.2, 0.25) is 0 Å². The van der Waals surface area contributed by atoms with E-state index in [-0.39, 0.29) is 6.04 Å². The van der Waals surface area contributed by atoms with Gasteiger partial charge in [-0.2, -0.15) is 0 Å². The van der Waals surface area contributed by atoms with Crippen LogP contribution in [0, 0.1) is 0 Å². The minimum Gasteiger partial charge on any atom is -0.356 e. The number of hydrogen-bond donors (Lipinski definition) is 1. The lowest BCUT2D eigenvalue weighted by atomic mass is 10.1. The van der Waals surface area contributed by atoms with Crippen molar-refractivity contribution < 1.29 is 0 Å². The summed E-state index contributed by atoms with van der Waals surface area (Å²) in [7, 11) is 0. The number of nitrogens with zero attached hydrogens (tertiary/aromatic N) is 1. The van der Waals surface area contributed by atoms with Gasteiger partial charge in [0.25, 0.3) is 0 Å². The molecule has 0 amide bonds. The molecule has 1 heterocycles. The van der Waals surface area contributed by atoms with E-state index in [0.717, 1.165) is 18.2 Å². The molecular formula is C14H20N2S. The van der Waals surface area contributed by atoms with Crippen LogP contribution >= 0.6 is 12.2 Å². The van der Waals surface area contributed by atoms with E-state index in [1.165, 1.54) is 24.8 Å². The van der Waals surface area contributed by atoms with Crippen molar-refractivity contribution >= 4 is 17.3 Å². The summed E-state index contributed by atoms with van der Waals surface area (Å²) in [5.41, 5.74) is 1.28. The number of likely N-dealkylation sites (tertiary alicyclic amines) is 1. The van der Waals surface area contributed by atoms with Gasteiger partial charge < -0.3 is 10.2 Å². The number of benzene rings is 1. The van der Waals surface area contributed by atoms with E-state index in [2.05, 4.69) is 41.4 Å². The van der Waals surface area contributed by atoms with E-state index in [1.807, 2.05) is 6.07 Å². The quantitative estimate of drug-likeness (QED) is 0.810. The van der Waals surface area contributed by atoms with Crippen LogP contribution in [0.15, 0.2) is 30.3 Å². The summed E-state index contributed by atoms with van der Waals surface area (Å²) >= 11 is 5.46. The zero-order valence-corrected chi connectivity index (χ0v) is 11.2. The average Bonchev–Trinajstić information content (AvgIpc) is 2.40. The van der Waals surface area contributed by atoms with Crippen molar-refractivity contribution in [1.82, 2.24) is 10.2 Å². The van der Waals surface area contributed by atoms with Gasteiger partial charge in [0.15, 0.2) is 5.11 Å². The molecule has 17 heavy (non-hydrogen) atoms. The van der Waals surface area contributed by atoms with E-state index in [9.17, 15) is 0 Å². The Morgan fingerprint density at radius 1 is 1.18 bits per heavy atom. The van der Waals surface area contributed by atoms with Crippen LogP contribution in [0.3, 0.4) is 0 Å². The Hall–Kier alpha value is -1.09. The Kier molecular flexibility index (Phi) is 4.37. The molecule has 1 N–H and O–H groups in total. The molecule has 1 atom stereocenters. The lowest BCUT2D eigenvalue weighted by Gasteiger charge is -2.31. The maximum absolute atomic E-state index is 5.46. The third kappa shape index (κ3) is 3.43. The van der Waals surface area contributed by atoms with Crippen molar-refractivity contribution in [3.63, 3.8) is 0 Å². The monoisotopic (exact) mass is 248 g/mol. The Morgan fingerprint density at radius 2 is 1.82 bits per heavy atom. The number of hydrogen-bond acceptors (Lipinski definition) is 1. The van der Waals surface area contributed by atoms with Crippen LogP contribution in [-0.4, -0.2) is 23.1 Å². The van der Waals surface area contributed by atoms with Crippen LogP contribution in [0.5, 0.6) is 0 Å². The molecule has 0 bridgehead atoms. The molecule has 1 aliphatic heterocycles. The number of thiocarbonyl (C=S) groups is 1. The maximum atomic E-state index is 5.46. The lowest BCUT2D eigenvalue weighted by Crippen LogP contribution is -2.43. The first kappa shape index (κ1) is 12.4. The number of rotatable bonds is 2. The molecule has 1 fully saturated rings. The predicted octanol–water partition coefficient (Wildman–Crippen LogP) is 3.11. The molecule has 1 aromatic rings. The average molecular weight is 248 g/mol. The first-order valence-corrected chi connectivity index (χ1v) is 6.78. The molecule has 0 radical (unpaired) electrons. The van der Waals surface area contributed by atoms with Gasteiger partial charge in [-0.15, -0.1) is 0 Å². The number of nitrogens with one attached hydrogen (secondary N) is 1. The largest absolute Gasteiger partial charge is 0.356 e. The fourth-order valence-electron chi connectivity index (χ4n) is 2.20. The summed E-state index contributed by atoms with van der Waals surface area (Å²) in [6, 6.07) is 10.7. The van der Waals surface area contributed by atoms with Crippen molar-refractivity contribution in [2.45, 2.75) is 32.2 Å². The predicted molar refractivity (Wildman–Crippen MR) is 76.0 cm³/mol. The SMILES string of the molecule is C[C@H](NC(=S)N1CCCCC1)c1ccccc1. The van der Waals surface area contributed by atoms with Crippen molar-refractivity contribution in [1.29, 1.82) is 0 Å². The molecule has 1 aliphatic rings. The molecule has 0 saturated carbocycles. The first-order valence-electron chi connectivity index (χ1n) is 6.38. The molecule has 1 saturated heterocycles. The fraction of sp³-hybridized carbons (Fsp3) is 0.500. The van der Waals surface area contributed by atoms with Gasteiger partial charge in [-0.25, -0.2) is 0 Å². The van der Waals surface area contributed by atoms with Crippen molar-refractivity contribution in [2.75, 3.05) is 13.1 Å². The second-order valence-corrected chi connectivity index (χ2v) is 5.02. The highest BCUT2D eigenvalue weighted by Gasteiger charge is 2.15. The molecule has 0 aliphatic carbocycles. The minimum atomic E-state index is 0.283. The van der Waals surface area contributed by atoms with Crippen LogP contribution in [0.1, 0.15) is 37.8 Å². The van der Waals surface area contributed by atoms with Gasteiger partial charge in [0.2, 0.25) is 0 Å². The van der Waals surface area contributed by atoms with Crippen LogP contribution in [-0.2, 0) is 0 Å². The normalized spacial score (nSPS) is 17.6. The van der Waals surface area contributed by atoms with Gasteiger partial charge in [0.1, 0.15) is 0 Å². The van der Waals surface area contributed by atoms with Crippen molar-refractivity contribution in [2.24, 2.45) is 0 Å². The molecule has 0 spiro atoms. The van der Waals surface area contributed by atoms with E-state index >= 15 is 0 Å². The molecule has 3 heteroatoms. The smallest absolute Gasteiger partial charge is 0.169 e. The maximum Gasteiger partial charge on any atom is 0.169 e. The number of piperidine rings is 1. The minimum absolute atomic E-state index is 0.283. The van der Waals surface area contributed by atoms with Gasteiger partial charge in [0.05, 0.1) is 6.04 Å². The molecular weight excluding hydrogens is 228 g/mol. The second kappa shape index (κ2) is 6.01. The van der Waals surface area contributed by atoms with Gasteiger partial charge in [-0.3, -0.25) is 0 Å². The highest BCUT2D eigenvalue weighted by atomic mass is 32.1. The first-order chi connectivity index (χ1) is 8.27. The molecule has 2 nitrogen and oxygen atoms in total. The molecule has 92 valence electrons. The molecule has 0 unspecified atom stereocenters. The molecule has 0 aromatic heterocycles. The Balaban J connectivity index is 1.89. The Bertz CT molecular complexity index is 358. The fourth-order valence-corrected chi connectivity index (χ4v) is 2.56. The molecule has 2 rings (SSSR count). The topological polar surface area (TPSA) is 15.3 Å². The van der Waals surface area contributed by atoms with Crippen molar-refractivity contribution in [3.05, 3.63) is 35.9 Å². The standard InChI is InChI=1S/C14H20N2S/c1-12(13-8-4-2-5-9-13)15-14(17)16-10-6-3-7-11-16/h2,4-5,8-9,12H,3,6-7,10-11H2,1H3,(H,15,17)/t12-/m0/s1. The van der Waals surface area contributed by atoms with Crippen LogP contribution in [0.25, 0.3) is 0 Å². The van der Waals surface area contributed by atoms with Crippen LogP contribution < -0.4 is 5.32 Å². The van der Waals surface area contributed by atoms with E-state index < -0.39 is 0 Å². The molecule has 1 aromatic carbocycles. The summed E-state index contributed by atoms with van der Waals surface area (Å²) in [6.45, 7) is 4.37. The second-order valence-electron chi connectivity index (χ2n) is 4.63. The van der Waals surface area contributed by atoms with Gasteiger partial charge in [0, 0.05) is 13.1 Å². The lowest BCUT2D eigenvalue weighted by molar-refractivity contribution is 0.335. The summed E-state index contributed by atoms with van der Waals surface area (Å²) in [6.07, 6.45) is 3.87. The van der Waals surface area contributed by atoms with Crippen LogP contribution in [0.4, 0.5) is 0 Å². The Labute approximate surface area is 109 Å². The zero-order valence-electron chi connectivity index (χ0n) is 10.4. The van der Waals surface area contributed by atoms with Gasteiger partial charge in [-0.1, -0.05) is 30.3 Å². The third-order valence-electron chi connectivity index (χ3n) is 3.28. The zero-order chi connectivity index (χ0) is 12.1. The summed E-state index contributed by atoms with van der Waals surface area (Å²) in [5.74, 6) is 0. The highest BCUT2D eigenvalue weighted by Crippen LogP contribution is 2.14.